The van der Waals surface area contributed by atoms with Crippen molar-refractivity contribution in [2.75, 3.05) is 0 Å². The number of halogens is 2. The quantitative estimate of drug-likeness (QED) is 0.761. The molecule has 0 N–H and O–H groups in total. The lowest BCUT2D eigenvalue weighted by atomic mass is 9.78. The lowest BCUT2D eigenvalue weighted by Crippen LogP contribution is -2.14. The molecule has 0 atom stereocenters. The monoisotopic (exact) mass is 277 g/mol. The molecule has 1 nitrogen and oxygen atoms in total. The highest BCUT2D eigenvalue weighted by molar-refractivity contribution is 5.35. The van der Waals surface area contributed by atoms with E-state index in [1.54, 1.807) is 6.07 Å². The topological polar surface area (TPSA) is 23.8 Å². The fraction of sp³-hybridized carbons (Fsp3) is 0.588. The van der Waals surface area contributed by atoms with Crippen LogP contribution in [0.1, 0.15) is 56.6 Å². The second-order valence-electron chi connectivity index (χ2n) is 5.88. The molecule has 1 fully saturated rings. The van der Waals surface area contributed by atoms with E-state index in [4.69, 9.17) is 5.26 Å². The third-order valence-corrected chi connectivity index (χ3v) is 4.60. The van der Waals surface area contributed by atoms with Crippen LogP contribution in [0.25, 0.3) is 0 Å². The van der Waals surface area contributed by atoms with Crippen molar-refractivity contribution in [3.63, 3.8) is 0 Å². The average Bonchev–Trinajstić information content (AvgIpc) is 2.45. The van der Waals surface area contributed by atoms with Gasteiger partial charge in [-0.05, 0) is 42.4 Å². The molecule has 1 aliphatic carbocycles. The van der Waals surface area contributed by atoms with Gasteiger partial charge < -0.3 is 0 Å². The molecule has 0 unspecified atom stereocenters. The van der Waals surface area contributed by atoms with E-state index in [2.05, 4.69) is 6.92 Å². The summed E-state index contributed by atoms with van der Waals surface area (Å²) in [5.41, 5.74) is 0.189. The summed E-state index contributed by atoms with van der Waals surface area (Å²) in [6, 6.07) is 4.17. The molecule has 0 aromatic heterocycles. The summed E-state index contributed by atoms with van der Waals surface area (Å²) >= 11 is 0. The van der Waals surface area contributed by atoms with Gasteiger partial charge in [-0.3, -0.25) is 0 Å². The van der Waals surface area contributed by atoms with E-state index in [1.165, 1.54) is 44.2 Å². The molecule has 20 heavy (non-hydrogen) atoms. The van der Waals surface area contributed by atoms with Crippen LogP contribution in [0.2, 0.25) is 0 Å². The maximum absolute atomic E-state index is 13.5. The molecule has 1 aliphatic rings. The van der Waals surface area contributed by atoms with E-state index < -0.39 is 17.2 Å². The molecule has 0 radical (unpaired) electrons. The highest BCUT2D eigenvalue weighted by Gasteiger charge is 2.20. The van der Waals surface area contributed by atoms with Crippen molar-refractivity contribution < 1.29 is 8.78 Å². The molecule has 2 rings (SSSR count). The minimum absolute atomic E-state index is 0.475. The molecule has 108 valence electrons. The molecule has 1 aromatic carbocycles. The predicted octanol–water partition coefficient (Wildman–Crippen LogP) is 4.99. The lowest BCUT2D eigenvalue weighted by molar-refractivity contribution is 0.258. The van der Waals surface area contributed by atoms with Crippen molar-refractivity contribution in [2.24, 2.45) is 11.8 Å². The number of nitrogens with zero attached hydrogens (tertiary/aromatic N) is 1. The molecular weight excluding hydrogens is 256 g/mol. The highest BCUT2D eigenvalue weighted by atomic mass is 19.1. The molecule has 3 heteroatoms. The fourth-order valence-corrected chi connectivity index (χ4v) is 3.18. The van der Waals surface area contributed by atoms with E-state index in [-0.39, 0.29) is 0 Å². The van der Waals surface area contributed by atoms with E-state index in [0.29, 0.717) is 17.9 Å². The van der Waals surface area contributed by atoms with Gasteiger partial charge in [-0.15, -0.1) is 0 Å². The average molecular weight is 277 g/mol. The van der Waals surface area contributed by atoms with Gasteiger partial charge in [0.1, 0.15) is 23.3 Å². The predicted molar refractivity (Wildman–Crippen MR) is 75.1 cm³/mol. The Morgan fingerprint density at radius 2 is 1.65 bits per heavy atom. The van der Waals surface area contributed by atoms with Gasteiger partial charge in [-0.2, -0.15) is 5.26 Å². The molecule has 1 aromatic rings. The number of benzene rings is 1. The largest absolute Gasteiger partial charge is 0.205 e. The Hall–Kier alpha value is -1.43. The van der Waals surface area contributed by atoms with Gasteiger partial charge >= 0.3 is 0 Å². The van der Waals surface area contributed by atoms with Crippen LogP contribution in [0.4, 0.5) is 8.78 Å². The first-order valence-electron chi connectivity index (χ1n) is 7.52. The van der Waals surface area contributed by atoms with Gasteiger partial charge in [-0.1, -0.05) is 39.0 Å². The molecule has 1 saturated carbocycles. The van der Waals surface area contributed by atoms with Gasteiger partial charge in [0.25, 0.3) is 0 Å². The van der Waals surface area contributed by atoms with E-state index >= 15 is 0 Å². The second kappa shape index (κ2) is 6.83. The van der Waals surface area contributed by atoms with Crippen molar-refractivity contribution in [2.45, 2.75) is 51.9 Å². The second-order valence-corrected chi connectivity index (χ2v) is 5.88. The van der Waals surface area contributed by atoms with Crippen LogP contribution in [-0.2, 0) is 6.42 Å². The molecular formula is C17H21F2N. The number of hydrogen-bond acceptors (Lipinski definition) is 1. The summed E-state index contributed by atoms with van der Waals surface area (Å²) in [7, 11) is 0. The van der Waals surface area contributed by atoms with Crippen LogP contribution in [0, 0.1) is 34.8 Å². The van der Waals surface area contributed by atoms with Crippen LogP contribution < -0.4 is 0 Å². The zero-order chi connectivity index (χ0) is 14.5. The van der Waals surface area contributed by atoms with Gasteiger partial charge in [-0.25, -0.2) is 8.78 Å². The van der Waals surface area contributed by atoms with Gasteiger partial charge in [0, 0.05) is 0 Å². The molecule has 0 aliphatic heterocycles. The molecule has 0 amide bonds. The van der Waals surface area contributed by atoms with Crippen molar-refractivity contribution in [3.05, 3.63) is 34.9 Å². The molecule has 0 spiro atoms. The Bertz CT molecular complexity index is 473. The Kier molecular flexibility index (Phi) is 5.11. The van der Waals surface area contributed by atoms with E-state index in [9.17, 15) is 8.78 Å². The van der Waals surface area contributed by atoms with Crippen molar-refractivity contribution in [3.8, 4) is 6.07 Å². The summed E-state index contributed by atoms with van der Waals surface area (Å²) in [5, 5.41) is 8.64. The number of rotatable bonds is 4. The number of nitriles is 1. The smallest absolute Gasteiger partial charge is 0.144 e. The van der Waals surface area contributed by atoms with Crippen molar-refractivity contribution in [1.82, 2.24) is 0 Å². The van der Waals surface area contributed by atoms with E-state index in [0.717, 1.165) is 12.3 Å². The Balaban J connectivity index is 1.91. The van der Waals surface area contributed by atoms with Crippen LogP contribution in [0.3, 0.4) is 0 Å². The normalized spacial score (nSPS) is 22.5. The van der Waals surface area contributed by atoms with Crippen LogP contribution in [0.5, 0.6) is 0 Å². The van der Waals surface area contributed by atoms with Crippen LogP contribution in [-0.4, -0.2) is 0 Å². The summed E-state index contributed by atoms with van der Waals surface area (Å²) in [5.74, 6) is 0.0741. The Morgan fingerprint density at radius 3 is 2.15 bits per heavy atom. The lowest BCUT2D eigenvalue weighted by Gasteiger charge is -2.27. The fourth-order valence-electron chi connectivity index (χ4n) is 3.18. The highest BCUT2D eigenvalue weighted by Crippen LogP contribution is 2.33. The molecule has 0 bridgehead atoms. The maximum Gasteiger partial charge on any atom is 0.144 e. The third-order valence-electron chi connectivity index (χ3n) is 4.60. The van der Waals surface area contributed by atoms with Crippen molar-refractivity contribution in [1.29, 1.82) is 5.26 Å². The maximum atomic E-state index is 13.5. The number of hydrogen-bond donors (Lipinski definition) is 0. The van der Waals surface area contributed by atoms with Crippen molar-refractivity contribution >= 4 is 0 Å². The minimum Gasteiger partial charge on any atom is -0.205 e. The third kappa shape index (κ3) is 3.56. The van der Waals surface area contributed by atoms with E-state index in [1.807, 2.05) is 0 Å². The first kappa shape index (κ1) is 15.0. The first-order chi connectivity index (χ1) is 9.63. The Labute approximate surface area is 119 Å². The number of aryl methyl sites for hydroxylation is 1. The van der Waals surface area contributed by atoms with Crippen LogP contribution >= 0.6 is 0 Å². The Morgan fingerprint density at radius 1 is 1.10 bits per heavy atom. The summed E-state index contributed by atoms with van der Waals surface area (Å²) in [4.78, 5) is 0. The first-order valence-corrected chi connectivity index (χ1v) is 7.52. The van der Waals surface area contributed by atoms with Crippen LogP contribution in [0.15, 0.2) is 12.1 Å². The standard InChI is InChI=1S/C17H21F2N/c1-2-12-3-5-13(6-4-12)7-8-14-9-16(18)15(11-20)17(19)10-14/h9-10,12-13H,2-8H2,1H3. The summed E-state index contributed by atoms with van der Waals surface area (Å²) in [6.45, 7) is 2.24. The summed E-state index contributed by atoms with van der Waals surface area (Å²) in [6.07, 6.45) is 8.00. The molecule has 0 saturated heterocycles. The molecule has 0 heterocycles. The zero-order valence-corrected chi connectivity index (χ0v) is 12.0. The SMILES string of the molecule is CCC1CCC(CCc2cc(F)c(C#N)c(F)c2)CC1. The zero-order valence-electron chi connectivity index (χ0n) is 12.0. The van der Waals surface area contributed by atoms with Gasteiger partial charge in [0.05, 0.1) is 0 Å². The van der Waals surface area contributed by atoms with Gasteiger partial charge in [0.2, 0.25) is 0 Å². The summed E-state index contributed by atoms with van der Waals surface area (Å²) < 4.78 is 27.0. The van der Waals surface area contributed by atoms with Gasteiger partial charge in [0.15, 0.2) is 0 Å². The minimum atomic E-state index is -0.739.